The summed E-state index contributed by atoms with van der Waals surface area (Å²) in [5.74, 6) is -1.92. The molecule has 0 bridgehead atoms. The van der Waals surface area contributed by atoms with Crippen molar-refractivity contribution >= 4 is 29.5 Å². The van der Waals surface area contributed by atoms with Crippen LogP contribution in [0.1, 0.15) is 252 Å². The average Bonchev–Trinajstić information content (AvgIpc) is 3.17. The predicted molar refractivity (Wildman–Crippen MR) is 231 cm³/mol. The van der Waals surface area contributed by atoms with Crippen LogP contribution in [0.15, 0.2) is 0 Å². The zero-order valence-electron chi connectivity index (χ0n) is 36.7. The van der Waals surface area contributed by atoms with Gasteiger partial charge in [-0.2, -0.15) is 0 Å². The SMILES string of the molecule is CCCCCCCCCCCCOC(=O)CC(CC(=O)OCCCCCCCCCCCC)(OC(Cl)CCCC)C(=O)OCCCCCCCCCCCC. The molecule has 0 aromatic rings. The van der Waals surface area contributed by atoms with Crippen molar-refractivity contribution in [3.05, 3.63) is 0 Å². The maximum Gasteiger partial charge on any atom is 0.339 e. The molecule has 0 rings (SSSR count). The fourth-order valence-corrected chi connectivity index (χ4v) is 7.34. The van der Waals surface area contributed by atoms with E-state index in [4.69, 9.17) is 30.5 Å². The molecule has 0 aliphatic heterocycles. The van der Waals surface area contributed by atoms with E-state index in [1.54, 1.807) is 0 Å². The highest BCUT2D eigenvalue weighted by atomic mass is 35.5. The van der Waals surface area contributed by atoms with E-state index in [0.717, 1.165) is 64.2 Å². The van der Waals surface area contributed by atoms with Crippen LogP contribution in [-0.2, 0) is 33.3 Å². The first-order valence-electron chi connectivity index (χ1n) is 23.6. The molecule has 0 aromatic heterocycles. The topological polar surface area (TPSA) is 88.1 Å². The molecule has 0 amide bonds. The number of halogens is 1. The van der Waals surface area contributed by atoms with Gasteiger partial charge in [-0.05, 0) is 32.1 Å². The molecule has 7 nitrogen and oxygen atoms in total. The molecule has 8 heteroatoms. The Balaban J connectivity index is 5.23. The predicted octanol–water partition coefficient (Wildman–Crippen LogP) is 14.7. The lowest BCUT2D eigenvalue weighted by Gasteiger charge is -2.32. The molecule has 326 valence electrons. The van der Waals surface area contributed by atoms with Gasteiger partial charge in [0.2, 0.25) is 0 Å². The van der Waals surface area contributed by atoms with E-state index in [1.807, 2.05) is 6.92 Å². The van der Waals surface area contributed by atoms with Gasteiger partial charge in [-0.15, -0.1) is 0 Å². The molecule has 1 atom stereocenters. The number of ether oxygens (including phenoxy) is 4. The van der Waals surface area contributed by atoms with Crippen LogP contribution >= 0.6 is 11.6 Å². The summed E-state index contributed by atoms with van der Waals surface area (Å²) in [6.45, 7) is 9.49. The first kappa shape index (κ1) is 53.7. The molecule has 0 fully saturated rings. The molecule has 1 unspecified atom stereocenters. The van der Waals surface area contributed by atoms with E-state index < -0.39 is 41.9 Å². The van der Waals surface area contributed by atoms with E-state index >= 15 is 0 Å². The number of alkyl halides is 1. The highest BCUT2D eigenvalue weighted by molar-refractivity contribution is 6.19. The Labute approximate surface area is 345 Å². The zero-order chi connectivity index (χ0) is 40.5. The molecule has 0 aliphatic carbocycles. The second-order valence-corrected chi connectivity index (χ2v) is 16.6. The van der Waals surface area contributed by atoms with Crippen LogP contribution in [0.3, 0.4) is 0 Å². The Kier molecular flexibility index (Phi) is 39.8. The summed E-state index contributed by atoms with van der Waals surface area (Å²) in [7, 11) is 0. The van der Waals surface area contributed by atoms with Crippen LogP contribution in [-0.4, -0.2) is 48.9 Å². The first-order valence-corrected chi connectivity index (χ1v) is 24.1. The van der Waals surface area contributed by atoms with Gasteiger partial charge < -0.3 is 18.9 Å². The Morgan fingerprint density at radius 2 is 0.673 bits per heavy atom. The number of hydrogen-bond acceptors (Lipinski definition) is 7. The third-order valence-corrected chi connectivity index (χ3v) is 10.9. The van der Waals surface area contributed by atoms with Gasteiger partial charge in [-0.3, -0.25) is 9.59 Å². The summed E-state index contributed by atoms with van der Waals surface area (Å²) >= 11 is 6.64. The number of hydrogen-bond donors (Lipinski definition) is 0. The maximum atomic E-state index is 13.9. The highest BCUT2D eigenvalue weighted by Gasteiger charge is 2.48. The molecule has 0 N–H and O–H groups in total. The molecule has 0 saturated carbocycles. The lowest BCUT2D eigenvalue weighted by atomic mass is 9.94. The molecule has 0 aliphatic rings. The normalized spacial score (nSPS) is 12.2. The van der Waals surface area contributed by atoms with Crippen LogP contribution in [0.5, 0.6) is 0 Å². The Hall–Kier alpha value is -1.34. The van der Waals surface area contributed by atoms with Crippen molar-refractivity contribution in [1.29, 1.82) is 0 Å². The van der Waals surface area contributed by atoms with Crippen molar-refractivity contribution in [2.24, 2.45) is 0 Å². The molecule has 0 heterocycles. The number of carbonyl (C=O) groups is 3. The van der Waals surface area contributed by atoms with Crippen molar-refractivity contribution in [3.8, 4) is 0 Å². The van der Waals surface area contributed by atoms with E-state index in [0.29, 0.717) is 12.8 Å². The third kappa shape index (κ3) is 34.4. The summed E-state index contributed by atoms with van der Waals surface area (Å²) in [4.78, 5) is 40.5. The van der Waals surface area contributed by atoms with Gasteiger partial charge in [-0.1, -0.05) is 219 Å². The van der Waals surface area contributed by atoms with Crippen LogP contribution in [0.4, 0.5) is 0 Å². The largest absolute Gasteiger partial charge is 0.466 e. The highest BCUT2D eigenvalue weighted by Crippen LogP contribution is 2.30. The van der Waals surface area contributed by atoms with Gasteiger partial charge in [0.1, 0.15) is 5.56 Å². The monoisotopic (exact) mass is 801 g/mol. The second kappa shape index (κ2) is 40.8. The van der Waals surface area contributed by atoms with Crippen LogP contribution in [0.2, 0.25) is 0 Å². The minimum Gasteiger partial charge on any atom is -0.466 e. The minimum atomic E-state index is -1.90. The summed E-state index contributed by atoms with van der Waals surface area (Å²) in [5, 5.41) is 0. The number of carbonyl (C=O) groups excluding carboxylic acids is 3. The molecule has 0 aromatic carbocycles. The smallest absolute Gasteiger partial charge is 0.339 e. The minimum absolute atomic E-state index is 0.198. The van der Waals surface area contributed by atoms with E-state index in [-0.39, 0.29) is 19.8 Å². The lowest BCUT2D eigenvalue weighted by Crippen LogP contribution is -2.49. The zero-order valence-corrected chi connectivity index (χ0v) is 37.4. The van der Waals surface area contributed by atoms with Crippen molar-refractivity contribution in [2.45, 2.75) is 264 Å². The molecule has 0 saturated heterocycles. The maximum absolute atomic E-state index is 13.9. The van der Waals surface area contributed by atoms with Crippen LogP contribution < -0.4 is 0 Å². The van der Waals surface area contributed by atoms with Crippen LogP contribution in [0, 0.1) is 0 Å². The Bertz CT molecular complexity index is 826. The van der Waals surface area contributed by atoms with Gasteiger partial charge in [-0.25, -0.2) is 4.79 Å². The van der Waals surface area contributed by atoms with E-state index in [9.17, 15) is 14.4 Å². The van der Waals surface area contributed by atoms with E-state index in [2.05, 4.69) is 20.8 Å². The Morgan fingerprint density at radius 3 is 0.982 bits per heavy atom. The number of unbranched alkanes of at least 4 members (excludes halogenated alkanes) is 28. The van der Waals surface area contributed by atoms with Gasteiger partial charge in [0, 0.05) is 0 Å². The average molecular weight is 802 g/mol. The second-order valence-electron chi connectivity index (χ2n) is 16.1. The molecule has 0 spiro atoms. The first-order chi connectivity index (χ1) is 26.8. The fourth-order valence-electron chi connectivity index (χ4n) is 7.01. The summed E-state index contributed by atoms with van der Waals surface area (Å²) in [5.41, 5.74) is -2.77. The van der Waals surface area contributed by atoms with Crippen molar-refractivity contribution < 1.29 is 33.3 Å². The molecule has 55 heavy (non-hydrogen) atoms. The van der Waals surface area contributed by atoms with Gasteiger partial charge in [0.25, 0.3) is 0 Å². The van der Waals surface area contributed by atoms with Gasteiger partial charge >= 0.3 is 17.9 Å². The summed E-state index contributed by atoms with van der Waals surface area (Å²) < 4.78 is 23.2. The number of rotatable bonds is 43. The van der Waals surface area contributed by atoms with Crippen LogP contribution in [0.25, 0.3) is 0 Å². The fraction of sp³-hybridized carbons (Fsp3) is 0.936. The summed E-state index contributed by atoms with van der Waals surface area (Å²) in [6.07, 6.45) is 36.5. The van der Waals surface area contributed by atoms with E-state index in [1.165, 1.54) is 135 Å². The lowest BCUT2D eigenvalue weighted by molar-refractivity contribution is -0.188. The third-order valence-electron chi connectivity index (χ3n) is 10.6. The van der Waals surface area contributed by atoms with Crippen molar-refractivity contribution in [2.75, 3.05) is 19.8 Å². The molecular weight excluding hydrogens is 712 g/mol. The standard InChI is InChI=1S/C47H89ClO7/c1-5-9-13-16-19-22-25-28-31-34-38-52-44(49)41-47(55-43(48)37-12-8-4,46(51)54-40-36-33-30-27-24-21-18-15-11-7-3)42-45(50)53-39-35-32-29-26-23-20-17-14-10-6-2/h43H,5-42H2,1-4H3. The van der Waals surface area contributed by atoms with Gasteiger partial charge in [0.05, 0.1) is 32.7 Å². The quantitative estimate of drug-likeness (QED) is 0.0263. The number of esters is 3. The van der Waals surface area contributed by atoms with Crippen molar-refractivity contribution in [1.82, 2.24) is 0 Å². The summed E-state index contributed by atoms with van der Waals surface area (Å²) in [6, 6.07) is 0. The Morgan fingerprint density at radius 1 is 0.400 bits per heavy atom. The molecular formula is C47H89ClO7. The van der Waals surface area contributed by atoms with Crippen molar-refractivity contribution in [3.63, 3.8) is 0 Å². The molecule has 0 radical (unpaired) electrons. The van der Waals surface area contributed by atoms with Gasteiger partial charge in [0.15, 0.2) is 5.60 Å².